The molecular weight excluding hydrogens is 325 g/mol. The smallest absolute Gasteiger partial charge is 0.123 e. The van der Waals surface area contributed by atoms with E-state index in [1.165, 1.54) is 0 Å². The second kappa shape index (κ2) is 7.70. The van der Waals surface area contributed by atoms with Crippen LogP contribution >= 0.6 is 23.2 Å². The highest BCUT2D eigenvalue weighted by molar-refractivity contribution is 6.35. The number of hydrogen-bond acceptors (Lipinski definition) is 4. The molecular formula is C16H17Cl2NO3. The third-order valence-electron chi connectivity index (χ3n) is 3.27. The summed E-state index contributed by atoms with van der Waals surface area (Å²) >= 11 is 11.9. The van der Waals surface area contributed by atoms with Gasteiger partial charge < -0.3 is 20.3 Å². The summed E-state index contributed by atoms with van der Waals surface area (Å²) in [6, 6.07) is 10.1. The number of phenols is 1. The van der Waals surface area contributed by atoms with E-state index in [-0.39, 0.29) is 5.75 Å². The molecule has 22 heavy (non-hydrogen) atoms. The maximum Gasteiger partial charge on any atom is 0.123 e. The highest BCUT2D eigenvalue weighted by atomic mass is 35.5. The number of aromatic hydroxyl groups is 1. The number of hydrogen-bond donors (Lipinski definition) is 3. The molecule has 3 N–H and O–H groups in total. The van der Waals surface area contributed by atoms with Gasteiger partial charge in [0.1, 0.15) is 11.5 Å². The average molecular weight is 342 g/mol. The van der Waals surface area contributed by atoms with E-state index in [1.807, 2.05) is 0 Å². The fourth-order valence-corrected chi connectivity index (χ4v) is 2.58. The molecule has 0 radical (unpaired) electrons. The lowest BCUT2D eigenvalue weighted by Gasteiger charge is -2.14. The van der Waals surface area contributed by atoms with Gasteiger partial charge in [0.05, 0.1) is 13.2 Å². The van der Waals surface area contributed by atoms with Crippen molar-refractivity contribution in [1.82, 2.24) is 5.32 Å². The Balaban J connectivity index is 1.93. The number of ether oxygens (including phenoxy) is 1. The summed E-state index contributed by atoms with van der Waals surface area (Å²) < 4.78 is 5.03. The first-order chi connectivity index (χ1) is 10.5. The van der Waals surface area contributed by atoms with Gasteiger partial charge in [-0.1, -0.05) is 35.3 Å². The zero-order chi connectivity index (χ0) is 16.1. The highest BCUT2D eigenvalue weighted by Gasteiger charge is 2.12. The van der Waals surface area contributed by atoms with Gasteiger partial charge >= 0.3 is 0 Å². The van der Waals surface area contributed by atoms with Crippen LogP contribution in [0.4, 0.5) is 0 Å². The first kappa shape index (κ1) is 16.9. The van der Waals surface area contributed by atoms with Gasteiger partial charge in [-0.3, -0.25) is 0 Å². The molecule has 2 aromatic rings. The minimum atomic E-state index is -0.759. The van der Waals surface area contributed by atoms with E-state index >= 15 is 0 Å². The van der Waals surface area contributed by atoms with E-state index in [9.17, 15) is 10.2 Å². The number of aliphatic hydroxyl groups is 1. The van der Waals surface area contributed by atoms with Crippen LogP contribution in [0.3, 0.4) is 0 Å². The second-order valence-corrected chi connectivity index (χ2v) is 5.65. The Kier molecular flexibility index (Phi) is 5.91. The third kappa shape index (κ3) is 4.27. The number of aliphatic hydroxyl groups excluding tert-OH is 1. The van der Waals surface area contributed by atoms with Crippen LogP contribution in [-0.2, 0) is 6.54 Å². The molecule has 0 aliphatic rings. The minimum absolute atomic E-state index is 0.144. The van der Waals surface area contributed by atoms with Crippen LogP contribution < -0.4 is 10.1 Å². The normalized spacial score (nSPS) is 12.2. The number of rotatable bonds is 6. The average Bonchev–Trinajstić information content (AvgIpc) is 2.48. The summed E-state index contributed by atoms with van der Waals surface area (Å²) in [5, 5.41) is 24.0. The maximum absolute atomic E-state index is 10.1. The zero-order valence-corrected chi connectivity index (χ0v) is 13.5. The van der Waals surface area contributed by atoms with Crippen molar-refractivity contribution in [2.75, 3.05) is 13.7 Å². The summed E-state index contributed by atoms with van der Waals surface area (Å²) in [7, 11) is 1.54. The topological polar surface area (TPSA) is 61.7 Å². The first-order valence-electron chi connectivity index (χ1n) is 6.71. The Morgan fingerprint density at radius 2 is 1.95 bits per heavy atom. The van der Waals surface area contributed by atoms with E-state index in [2.05, 4.69) is 5.32 Å². The van der Waals surface area contributed by atoms with Gasteiger partial charge in [0.25, 0.3) is 0 Å². The molecule has 0 saturated carbocycles. The van der Waals surface area contributed by atoms with Crippen molar-refractivity contribution in [3.05, 3.63) is 57.6 Å². The van der Waals surface area contributed by atoms with Crippen molar-refractivity contribution in [1.29, 1.82) is 0 Å². The van der Waals surface area contributed by atoms with Gasteiger partial charge in [0.2, 0.25) is 0 Å². The summed E-state index contributed by atoms with van der Waals surface area (Å²) in [4.78, 5) is 0. The van der Waals surface area contributed by atoms with Crippen molar-refractivity contribution < 1.29 is 14.9 Å². The predicted molar refractivity (Wildman–Crippen MR) is 87.8 cm³/mol. The fraction of sp³-hybridized carbons (Fsp3) is 0.250. The lowest BCUT2D eigenvalue weighted by Crippen LogP contribution is -2.21. The number of halogens is 2. The molecule has 2 rings (SSSR count). The molecule has 0 amide bonds. The quantitative estimate of drug-likeness (QED) is 0.752. The molecule has 4 nitrogen and oxygen atoms in total. The summed E-state index contributed by atoms with van der Waals surface area (Å²) in [5.74, 6) is 0.736. The number of phenolic OH excluding ortho intramolecular Hbond substituents is 1. The van der Waals surface area contributed by atoms with Crippen molar-refractivity contribution in [3.63, 3.8) is 0 Å². The number of benzene rings is 2. The predicted octanol–water partition coefficient (Wildman–Crippen LogP) is 3.53. The Labute approximate surface area is 139 Å². The van der Waals surface area contributed by atoms with E-state index in [1.54, 1.807) is 43.5 Å². The van der Waals surface area contributed by atoms with Crippen LogP contribution in [0.2, 0.25) is 10.0 Å². The van der Waals surface area contributed by atoms with Crippen LogP contribution in [0.15, 0.2) is 36.4 Å². The molecule has 0 aromatic heterocycles. The van der Waals surface area contributed by atoms with Gasteiger partial charge in [-0.05, 0) is 18.2 Å². The molecule has 1 atom stereocenters. The van der Waals surface area contributed by atoms with Crippen LogP contribution in [0.1, 0.15) is 17.2 Å². The molecule has 0 aliphatic carbocycles. The van der Waals surface area contributed by atoms with Crippen molar-refractivity contribution in [2.24, 2.45) is 0 Å². The van der Waals surface area contributed by atoms with Gasteiger partial charge in [-0.25, -0.2) is 0 Å². The minimum Gasteiger partial charge on any atom is -0.507 e. The molecule has 0 saturated heterocycles. The molecule has 0 bridgehead atoms. The van der Waals surface area contributed by atoms with Gasteiger partial charge in [-0.15, -0.1) is 0 Å². The van der Waals surface area contributed by atoms with Gasteiger partial charge in [0.15, 0.2) is 0 Å². The molecule has 0 fully saturated rings. The summed E-state index contributed by atoms with van der Waals surface area (Å²) in [5.41, 5.74) is 1.33. The van der Waals surface area contributed by atoms with E-state index in [0.29, 0.717) is 34.4 Å². The molecule has 0 spiro atoms. The van der Waals surface area contributed by atoms with Crippen LogP contribution in [0, 0.1) is 0 Å². The lowest BCUT2D eigenvalue weighted by molar-refractivity contribution is 0.174. The molecule has 0 heterocycles. The molecule has 118 valence electrons. The third-order valence-corrected chi connectivity index (χ3v) is 3.83. The zero-order valence-electron chi connectivity index (χ0n) is 12.0. The molecule has 1 unspecified atom stereocenters. The highest BCUT2D eigenvalue weighted by Crippen LogP contribution is 2.26. The van der Waals surface area contributed by atoms with Crippen molar-refractivity contribution in [2.45, 2.75) is 12.6 Å². The second-order valence-electron chi connectivity index (χ2n) is 4.81. The molecule has 6 heteroatoms. The lowest BCUT2D eigenvalue weighted by atomic mass is 10.1. The van der Waals surface area contributed by atoms with Gasteiger partial charge in [-0.2, -0.15) is 0 Å². The van der Waals surface area contributed by atoms with Crippen molar-refractivity contribution >= 4 is 23.2 Å². The van der Waals surface area contributed by atoms with E-state index in [0.717, 1.165) is 5.56 Å². The SMILES string of the molecule is COc1ccc(CNCC(O)c2ccc(Cl)cc2Cl)c(O)c1. The summed E-state index contributed by atoms with van der Waals surface area (Å²) in [6.07, 6.45) is -0.759. The molecule has 2 aromatic carbocycles. The molecule has 0 aliphatic heterocycles. The Morgan fingerprint density at radius 3 is 2.59 bits per heavy atom. The van der Waals surface area contributed by atoms with Crippen LogP contribution in [0.5, 0.6) is 11.5 Å². The van der Waals surface area contributed by atoms with Crippen LogP contribution in [0.25, 0.3) is 0 Å². The Hall–Kier alpha value is -1.46. The van der Waals surface area contributed by atoms with E-state index < -0.39 is 6.10 Å². The van der Waals surface area contributed by atoms with Crippen molar-refractivity contribution in [3.8, 4) is 11.5 Å². The Bertz CT molecular complexity index is 649. The maximum atomic E-state index is 10.1. The monoisotopic (exact) mass is 341 g/mol. The largest absolute Gasteiger partial charge is 0.507 e. The Morgan fingerprint density at radius 1 is 1.18 bits per heavy atom. The summed E-state index contributed by atoms with van der Waals surface area (Å²) in [6.45, 7) is 0.713. The van der Waals surface area contributed by atoms with Gasteiger partial charge in [0, 0.05) is 40.3 Å². The number of methoxy groups -OCH3 is 1. The fourth-order valence-electron chi connectivity index (χ4n) is 2.05. The first-order valence-corrected chi connectivity index (χ1v) is 7.46. The van der Waals surface area contributed by atoms with E-state index in [4.69, 9.17) is 27.9 Å². The van der Waals surface area contributed by atoms with Crippen LogP contribution in [-0.4, -0.2) is 23.9 Å². The number of nitrogens with one attached hydrogen (secondary N) is 1. The standard InChI is InChI=1S/C16H17Cl2NO3/c1-22-12-4-2-10(15(20)7-12)8-19-9-16(21)13-5-3-11(17)6-14(13)18/h2-7,16,19-21H,8-9H2,1H3.